The number of fused-ring (bicyclic) bond motifs is 1. The van der Waals surface area contributed by atoms with Gasteiger partial charge in [0.2, 0.25) is 5.95 Å². The third-order valence-corrected chi connectivity index (χ3v) is 6.45. The molecule has 0 radical (unpaired) electrons. The summed E-state index contributed by atoms with van der Waals surface area (Å²) in [7, 11) is 1.46. The van der Waals surface area contributed by atoms with Crippen molar-refractivity contribution in [2.24, 2.45) is 0 Å². The van der Waals surface area contributed by atoms with Gasteiger partial charge in [-0.3, -0.25) is 9.59 Å². The molecule has 0 spiro atoms. The van der Waals surface area contributed by atoms with Crippen molar-refractivity contribution >= 4 is 22.6 Å². The lowest BCUT2D eigenvalue weighted by molar-refractivity contribution is -0.0647. The molecule has 1 amide bonds. The van der Waals surface area contributed by atoms with Crippen LogP contribution in [-0.4, -0.2) is 39.0 Å². The normalized spacial score (nSPS) is 23.4. The number of hydrogen-bond acceptors (Lipinski definition) is 6. The van der Waals surface area contributed by atoms with Gasteiger partial charge in [-0.15, -0.1) is 0 Å². The molecule has 3 fully saturated rings. The van der Waals surface area contributed by atoms with Crippen molar-refractivity contribution in [3.8, 4) is 0 Å². The predicted octanol–water partition coefficient (Wildman–Crippen LogP) is 2.14. The standard InChI is InChI=1S/C22H22F2N6O2/c1-11-19(31)29-17-13(27-11)4-3-12(16(17)23)7-26-21-8-22(9-21,10-21)30-14-5-6-15(20(32)25-2)28-18(14)24/h3-6,26,30H,7-10H2,1-2H3,(H,25,32)(H,29,31). The summed E-state index contributed by atoms with van der Waals surface area (Å²) >= 11 is 0. The second-order valence-corrected chi connectivity index (χ2v) is 8.77. The Labute approximate surface area is 181 Å². The molecule has 0 aliphatic heterocycles. The van der Waals surface area contributed by atoms with E-state index in [4.69, 9.17) is 0 Å². The molecule has 0 saturated heterocycles. The fourth-order valence-corrected chi connectivity index (χ4v) is 4.85. The van der Waals surface area contributed by atoms with E-state index >= 15 is 0 Å². The quantitative estimate of drug-likeness (QED) is 0.437. The number of aryl methyl sites for hydroxylation is 1. The minimum atomic E-state index is -0.714. The van der Waals surface area contributed by atoms with Crippen molar-refractivity contribution in [1.29, 1.82) is 0 Å². The fraction of sp³-hybridized carbons (Fsp3) is 0.364. The molecular weight excluding hydrogens is 418 g/mol. The molecule has 8 nitrogen and oxygen atoms in total. The lowest BCUT2D eigenvalue weighted by Crippen LogP contribution is -2.80. The van der Waals surface area contributed by atoms with E-state index < -0.39 is 23.2 Å². The van der Waals surface area contributed by atoms with Crippen LogP contribution in [-0.2, 0) is 6.54 Å². The number of H-pyrrole nitrogens is 1. The van der Waals surface area contributed by atoms with E-state index in [0.29, 0.717) is 23.3 Å². The summed E-state index contributed by atoms with van der Waals surface area (Å²) < 4.78 is 29.2. The highest BCUT2D eigenvalue weighted by Crippen LogP contribution is 2.62. The number of rotatable bonds is 6. The SMILES string of the molecule is CNC(=O)c1ccc(NC23CC(NCc4ccc5nc(C)c(=O)[nH]c5c4F)(C2)C3)c(F)n1. The van der Waals surface area contributed by atoms with Crippen LogP contribution in [0.4, 0.5) is 14.5 Å². The van der Waals surface area contributed by atoms with Gasteiger partial charge in [0.15, 0.2) is 5.82 Å². The highest BCUT2D eigenvalue weighted by Gasteiger charge is 2.67. The monoisotopic (exact) mass is 440 g/mol. The Hall–Kier alpha value is -3.40. The third-order valence-electron chi connectivity index (χ3n) is 6.45. The number of carbonyl (C=O) groups is 1. The first-order valence-corrected chi connectivity index (χ1v) is 10.3. The maximum absolute atomic E-state index is 14.9. The maximum Gasteiger partial charge on any atom is 0.269 e. The molecule has 3 aliphatic carbocycles. The van der Waals surface area contributed by atoms with E-state index in [1.165, 1.54) is 19.2 Å². The van der Waals surface area contributed by atoms with Crippen LogP contribution in [0, 0.1) is 18.7 Å². The zero-order chi connectivity index (χ0) is 22.7. The van der Waals surface area contributed by atoms with Crippen molar-refractivity contribution in [3.63, 3.8) is 0 Å². The molecule has 4 N–H and O–H groups in total. The van der Waals surface area contributed by atoms with Crippen LogP contribution in [0.5, 0.6) is 0 Å². The molecule has 0 atom stereocenters. The second-order valence-electron chi connectivity index (χ2n) is 8.77. The molecule has 2 heterocycles. The first kappa shape index (κ1) is 20.5. The van der Waals surface area contributed by atoms with Crippen LogP contribution < -0.4 is 21.5 Å². The molecule has 6 rings (SSSR count). The Bertz CT molecular complexity index is 1300. The van der Waals surface area contributed by atoms with Crippen molar-refractivity contribution in [3.05, 3.63) is 63.3 Å². The summed E-state index contributed by atoms with van der Waals surface area (Å²) in [5, 5.41) is 9.04. The van der Waals surface area contributed by atoms with Gasteiger partial charge in [0.25, 0.3) is 11.5 Å². The van der Waals surface area contributed by atoms with Gasteiger partial charge in [0, 0.05) is 30.2 Å². The van der Waals surface area contributed by atoms with E-state index in [1.807, 2.05) is 0 Å². The Kier molecular flexibility index (Phi) is 4.52. The number of benzene rings is 1. The molecule has 2 aromatic heterocycles. The van der Waals surface area contributed by atoms with Crippen LogP contribution in [0.3, 0.4) is 0 Å². The number of carbonyl (C=O) groups excluding carboxylic acids is 1. The van der Waals surface area contributed by atoms with Crippen LogP contribution in [0.1, 0.15) is 41.0 Å². The van der Waals surface area contributed by atoms with Gasteiger partial charge in [-0.1, -0.05) is 6.07 Å². The fourth-order valence-electron chi connectivity index (χ4n) is 4.85. The van der Waals surface area contributed by atoms with E-state index in [1.54, 1.807) is 19.1 Å². The second kappa shape index (κ2) is 7.06. The number of amides is 1. The highest BCUT2D eigenvalue weighted by atomic mass is 19.1. The Morgan fingerprint density at radius 1 is 1.12 bits per heavy atom. The lowest BCUT2D eigenvalue weighted by atomic mass is 9.44. The lowest BCUT2D eigenvalue weighted by Gasteiger charge is -2.71. The summed E-state index contributed by atoms with van der Waals surface area (Å²) in [5.41, 5.74) is 0.800. The number of halogens is 2. The van der Waals surface area contributed by atoms with Gasteiger partial charge >= 0.3 is 0 Å². The number of aromatic amines is 1. The first-order chi connectivity index (χ1) is 15.2. The van der Waals surface area contributed by atoms with E-state index in [0.717, 1.165) is 19.3 Å². The zero-order valence-electron chi connectivity index (χ0n) is 17.6. The number of anilines is 1. The molecule has 3 aromatic rings. The number of hydrogen-bond donors (Lipinski definition) is 4. The summed E-state index contributed by atoms with van der Waals surface area (Å²) in [6, 6.07) is 6.37. The molecule has 32 heavy (non-hydrogen) atoms. The van der Waals surface area contributed by atoms with Crippen molar-refractivity contribution in [2.75, 3.05) is 12.4 Å². The highest BCUT2D eigenvalue weighted by molar-refractivity contribution is 5.92. The molecule has 3 saturated carbocycles. The smallest absolute Gasteiger partial charge is 0.269 e. The van der Waals surface area contributed by atoms with Gasteiger partial charge in [-0.05, 0) is 44.4 Å². The van der Waals surface area contributed by atoms with Crippen molar-refractivity contribution < 1.29 is 13.6 Å². The van der Waals surface area contributed by atoms with E-state index in [2.05, 4.69) is 30.9 Å². The van der Waals surface area contributed by atoms with Crippen LogP contribution in [0.2, 0.25) is 0 Å². The molecule has 10 heteroatoms. The largest absolute Gasteiger partial charge is 0.376 e. The first-order valence-electron chi connectivity index (χ1n) is 10.3. The van der Waals surface area contributed by atoms with Crippen molar-refractivity contribution in [1.82, 2.24) is 25.6 Å². The number of nitrogens with zero attached hydrogens (tertiary/aromatic N) is 2. The number of pyridine rings is 1. The van der Waals surface area contributed by atoms with Gasteiger partial charge in [0.1, 0.15) is 16.9 Å². The molecular formula is C22H22F2N6O2. The molecule has 3 aliphatic rings. The Balaban J connectivity index is 1.23. The summed E-state index contributed by atoms with van der Waals surface area (Å²) in [6.45, 7) is 1.89. The topological polar surface area (TPSA) is 112 Å². The minimum Gasteiger partial charge on any atom is -0.376 e. The average Bonchev–Trinajstić information content (AvgIpc) is 2.72. The van der Waals surface area contributed by atoms with Crippen molar-refractivity contribution in [2.45, 2.75) is 43.8 Å². The zero-order valence-corrected chi connectivity index (χ0v) is 17.6. The Morgan fingerprint density at radius 3 is 2.56 bits per heavy atom. The third kappa shape index (κ3) is 3.22. The van der Waals surface area contributed by atoms with Gasteiger partial charge < -0.3 is 20.9 Å². The maximum atomic E-state index is 14.9. The van der Waals surface area contributed by atoms with Gasteiger partial charge in [0.05, 0.1) is 11.2 Å². The van der Waals surface area contributed by atoms with Crippen LogP contribution in [0.25, 0.3) is 11.0 Å². The van der Waals surface area contributed by atoms with Crippen LogP contribution in [0.15, 0.2) is 29.1 Å². The van der Waals surface area contributed by atoms with E-state index in [9.17, 15) is 18.4 Å². The molecule has 2 bridgehead atoms. The van der Waals surface area contributed by atoms with Crippen LogP contribution >= 0.6 is 0 Å². The summed E-state index contributed by atoms with van der Waals surface area (Å²) in [6.07, 6.45) is 2.30. The average molecular weight is 440 g/mol. The van der Waals surface area contributed by atoms with Gasteiger partial charge in [-0.25, -0.2) is 14.4 Å². The Morgan fingerprint density at radius 2 is 1.88 bits per heavy atom. The molecule has 1 aromatic carbocycles. The molecule has 166 valence electrons. The predicted molar refractivity (Wildman–Crippen MR) is 114 cm³/mol. The van der Waals surface area contributed by atoms with E-state index in [-0.39, 0.29) is 28.0 Å². The number of aromatic nitrogens is 3. The minimum absolute atomic E-state index is 0.0235. The number of nitrogens with one attached hydrogen (secondary N) is 4. The molecule has 0 unspecified atom stereocenters. The summed E-state index contributed by atoms with van der Waals surface area (Å²) in [5.74, 6) is -1.64. The summed E-state index contributed by atoms with van der Waals surface area (Å²) in [4.78, 5) is 33.8. The van der Waals surface area contributed by atoms with Gasteiger partial charge in [-0.2, -0.15) is 4.39 Å².